The normalized spacial score (nSPS) is 10.1. The maximum absolute atomic E-state index is 11.6. The summed E-state index contributed by atoms with van der Waals surface area (Å²) in [5.74, 6) is -0.262. The molecule has 0 spiro atoms. The molecule has 82 valence electrons. The van der Waals surface area contributed by atoms with Crippen molar-refractivity contribution in [1.29, 1.82) is 0 Å². The van der Waals surface area contributed by atoms with Crippen LogP contribution in [0.25, 0.3) is 0 Å². The fraction of sp³-hybridized carbons (Fsp3) is 0. The summed E-state index contributed by atoms with van der Waals surface area (Å²) in [6, 6.07) is 4.92. The first-order valence-electron chi connectivity index (χ1n) is 4.41. The van der Waals surface area contributed by atoms with E-state index in [4.69, 9.17) is 17.3 Å². The first kappa shape index (κ1) is 10.9. The van der Waals surface area contributed by atoms with E-state index in [0.29, 0.717) is 22.1 Å². The molecule has 2 aromatic rings. The van der Waals surface area contributed by atoms with Gasteiger partial charge in [0.25, 0.3) is 5.91 Å². The molecule has 1 heterocycles. The van der Waals surface area contributed by atoms with Crippen molar-refractivity contribution >= 4 is 40.2 Å². The topological polar surface area (TPSA) is 68.0 Å². The Bertz CT molecular complexity index is 513. The second-order valence-corrected chi connectivity index (χ2v) is 4.19. The van der Waals surface area contributed by atoms with Crippen LogP contribution in [0.5, 0.6) is 0 Å². The van der Waals surface area contributed by atoms with Crippen molar-refractivity contribution in [2.75, 3.05) is 11.1 Å². The molecule has 16 heavy (non-hydrogen) atoms. The van der Waals surface area contributed by atoms with Crippen LogP contribution in [0.1, 0.15) is 10.5 Å². The zero-order valence-corrected chi connectivity index (χ0v) is 9.68. The minimum atomic E-state index is -0.262. The molecule has 0 aliphatic rings. The summed E-state index contributed by atoms with van der Waals surface area (Å²) in [5, 5.41) is 4.77. The molecule has 0 aliphatic carbocycles. The molecule has 0 fully saturated rings. The highest BCUT2D eigenvalue weighted by atomic mass is 35.5. The number of nitrogen functional groups attached to an aromatic ring is 1. The standard InChI is InChI=1S/C10H8ClN3OS/c11-7-3-6(1-2-8(7)12)14-10(15)9-4-16-5-13-9/h1-5H,12H2,(H,14,15). The van der Waals surface area contributed by atoms with Crippen LogP contribution < -0.4 is 11.1 Å². The molecule has 2 rings (SSSR count). The number of carbonyl (C=O) groups is 1. The van der Waals surface area contributed by atoms with Crippen LogP contribution in [0.3, 0.4) is 0 Å². The zero-order chi connectivity index (χ0) is 11.5. The fourth-order valence-corrected chi connectivity index (χ4v) is 1.84. The lowest BCUT2D eigenvalue weighted by molar-refractivity contribution is 0.102. The maximum atomic E-state index is 11.6. The predicted molar refractivity (Wildman–Crippen MR) is 65.9 cm³/mol. The van der Waals surface area contributed by atoms with E-state index in [0.717, 1.165) is 0 Å². The van der Waals surface area contributed by atoms with Gasteiger partial charge in [-0.2, -0.15) is 0 Å². The number of thiazole rings is 1. The predicted octanol–water partition coefficient (Wildman–Crippen LogP) is 2.63. The third kappa shape index (κ3) is 2.32. The molecule has 6 heteroatoms. The first-order valence-corrected chi connectivity index (χ1v) is 5.73. The van der Waals surface area contributed by atoms with Gasteiger partial charge in [0.2, 0.25) is 0 Å². The second kappa shape index (κ2) is 4.51. The lowest BCUT2D eigenvalue weighted by Crippen LogP contribution is -2.12. The summed E-state index contributed by atoms with van der Waals surface area (Å²) in [4.78, 5) is 15.5. The lowest BCUT2D eigenvalue weighted by atomic mass is 10.3. The Morgan fingerprint density at radius 3 is 2.94 bits per heavy atom. The summed E-state index contributed by atoms with van der Waals surface area (Å²) >= 11 is 7.20. The van der Waals surface area contributed by atoms with Gasteiger partial charge in [-0.25, -0.2) is 4.98 Å². The van der Waals surface area contributed by atoms with Crippen LogP contribution in [0.4, 0.5) is 11.4 Å². The van der Waals surface area contributed by atoms with Gasteiger partial charge in [0, 0.05) is 11.1 Å². The van der Waals surface area contributed by atoms with Crippen molar-refractivity contribution in [3.63, 3.8) is 0 Å². The van der Waals surface area contributed by atoms with E-state index >= 15 is 0 Å². The van der Waals surface area contributed by atoms with Crippen LogP contribution in [0, 0.1) is 0 Å². The molecule has 0 saturated carbocycles. The quantitative estimate of drug-likeness (QED) is 0.809. The molecular formula is C10H8ClN3OS. The number of nitrogens with zero attached hydrogens (tertiary/aromatic N) is 1. The number of rotatable bonds is 2. The monoisotopic (exact) mass is 253 g/mol. The van der Waals surface area contributed by atoms with E-state index in [1.807, 2.05) is 0 Å². The highest BCUT2D eigenvalue weighted by Gasteiger charge is 2.08. The number of benzene rings is 1. The molecule has 0 bridgehead atoms. The van der Waals surface area contributed by atoms with E-state index in [2.05, 4.69) is 10.3 Å². The first-order chi connectivity index (χ1) is 7.66. The average Bonchev–Trinajstić information content (AvgIpc) is 2.77. The highest BCUT2D eigenvalue weighted by Crippen LogP contribution is 2.22. The number of anilines is 2. The van der Waals surface area contributed by atoms with Gasteiger partial charge in [0.15, 0.2) is 0 Å². The Balaban J connectivity index is 2.15. The number of aromatic nitrogens is 1. The summed E-state index contributed by atoms with van der Waals surface area (Å²) in [6.07, 6.45) is 0. The number of amides is 1. The van der Waals surface area contributed by atoms with Crippen molar-refractivity contribution in [2.24, 2.45) is 0 Å². The Morgan fingerprint density at radius 1 is 1.50 bits per heavy atom. The number of halogens is 1. The lowest BCUT2D eigenvalue weighted by Gasteiger charge is -2.04. The summed E-state index contributed by atoms with van der Waals surface area (Å²) in [5.41, 5.74) is 8.62. The van der Waals surface area contributed by atoms with Crippen LogP contribution in [-0.4, -0.2) is 10.9 Å². The molecule has 1 aromatic carbocycles. The third-order valence-electron chi connectivity index (χ3n) is 1.92. The van der Waals surface area contributed by atoms with Gasteiger partial charge in [-0.1, -0.05) is 11.6 Å². The van der Waals surface area contributed by atoms with Gasteiger partial charge in [-0.3, -0.25) is 4.79 Å². The maximum Gasteiger partial charge on any atom is 0.275 e. The Hall–Kier alpha value is -1.59. The van der Waals surface area contributed by atoms with E-state index in [1.165, 1.54) is 11.3 Å². The van der Waals surface area contributed by atoms with E-state index in [1.54, 1.807) is 29.1 Å². The minimum Gasteiger partial charge on any atom is -0.398 e. The van der Waals surface area contributed by atoms with Gasteiger partial charge in [-0.15, -0.1) is 11.3 Å². The van der Waals surface area contributed by atoms with Gasteiger partial charge in [0.05, 0.1) is 16.2 Å². The number of nitrogens with two attached hydrogens (primary N) is 1. The molecule has 4 nitrogen and oxygen atoms in total. The highest BCUT2D eigenvalue weighted by molar-refractivity contribution is 7.07. The van der Waals surface area contributed by atoms with Crippen molar-refractivity contribution in [1.82, 2.24) is 4.98 Å². The average molecular weight is 254 g/mol. The van der Waals surface area contributed by atoms with E-state index in [9.17, 15) is 4.79 Å². The van der Waals surface area contributed by atoms with Crippen molar-refractivity contribution in [3.8, 4) is 0 Å². The molecule has 0 unspecified atom stereocenters. The number of hydrogen-bond donors (Lipinski definition) is 2. The van der Waals surface area contributed by atoms with E-state index in [-0.39, 0.29) is 5.91 Å². The smallest absolute Gasteiger partial charge is 0.275 e. The number of carbonyl (C=O) groups excluding carboxylic acids is 1. The molecule has 0 radical (unpaired) electrons. The number of nitrogens with one attached hydrogen (secondary N) is 1. The van der Waals surface area contributed by atoms with Crippen LogP contribution in [-0.2, 0) is 0 Å². The molecule has 0 saturated heterocycles. The Morgan fingerprint density at radius 2 is 2.31 bits per heavy atom. The van der Waals surface area contributed by atoms with Gasteiger partial charge in [-0.05, 0) is 18.2 Å². The SMILES string of the molecule is Nc1ccc(NC(=O)c2cscn2)cc1Cl. The van der Waals surface area contributed by atoms with E-state index < -0.39 is 0 Å². The van der Waals surface area contributed by atoms with Crippen molar-refractivity contribution < 1.29 is 4.79 Å². The fourth-order valence-electron chi connectivity index (χ4n) is 1.12. The molecule has 0 aliphatic heterocycles. The molecule has 3 N–H and O–H groups in total. The number of hydrogen-bond acceptors (Lipinski definition) is 4. The van der Waals surface area contributed by atoms with Crippen molar-refractivity contribution in [2.45, 2.75) is 0 Å². The van der Waals surface area contributed by atoms with Gasteiger partial charge in [0.1, 0.15) is 5.69 Å². The Kier molecular flexibility index (Phi) is 3.07. The second-order valence-electron chi connectivity index (χ2n) is 3.06. The molecular weight excluding hydrogens is 246 g/mol. The summed E-state index contributed by atoms with van der Waals surface area (Å²) < 4.78 is 0. The summed E-state index contributed by atoms with van der Waals surface area (Å²) in [6.45, 7) is 0. The Labute approximate surface area is 101 Å². The summed E-state index contributed by atoms with van der Waals surface area (Å²) in [7, 11) is 0. The molecule has 1 amide bonds. The molecule has 1 aromatic heterocycles. The van der Waals surface area contributed by atoms with Gasteiger partial charge < -0.3 is 11.1 Å². The third-order valence-corrected chi connectivity index (χ3v) is 2.84. The van der Waals surface area contributed by atoms with Crippen LogP contribution in [0.2, 0.25) is 5.02 Å². The minimum absolute atomic E-state index is 0.262. The van der Waals surface area contributed by atoms with Gasteiger partial charge >= 0.3 is 0 Å². The van der Waals surface area contributed by atoms with Crippen LogP contribution in [0.15, 0.2) is 29.1 Å². The largest absolute Gasteiger partial charge is 0.398 e. The van der Waals surface area contributed by atoms with Crippen molar-refractivity contribution in [3.05, 3.63) is 39.8 Å². The molecule has 0 atom stereocenters. The zero-order valence-electron chi connectivity index (χ0n) is 8.11. The van der Waals surface area contributed by atoms with Crippen LogP contribution >= 0.6 is 22.9 Å².